The van der Waals surface area contributed by atoms with E-state index in [4.69, 9.17) is 9.47 Å². The third-order valence-corrected chi connectivity index (χ3v) is 4.16. The van der Waals surface area contributed by atoms with E-state index in [0.29, 0.717) is 6.79 Å². The molecule has 2 aromatic rings. The minimum absolute atomic E-state index is 0.338. The molecule has 1 aromatic heterocycles. The van der Waals surface area contributed by atoms with Crippen LogP contribution in [-0.2, 0) is 6.42 Å². The predicted molar refractivity (Wildman–Crippen MR) is 73.8 cm³/mol. The zero-order valence-electron chi connectivity index (χ0n) is 10.9. The molecule has 1 fully saturated rings. The summed E-state index contributed by atoms with van der Waals surface area (Å²) < 4.78 is 10.9. The number of benzene rings is 1. The molecule has 0 saturated carbocycles. The van der Waals surface area contributed by atoms with Crippen molar-refractivity contribution in [2.75, 3.05) is 26.4 Å². The van der Waals surface area contributed by atoms with Crippen LogP contribution in [-0.4, -0.2) is 36.3 Å². The molecule has 0 radical (unpaired) electrons. The van der Waals surface area contributed by atoms with E-state index >= 15 is 0 Å². The van der Waals surface area contributed by atoms with Gasteiger partial charge in [0.15, 0.2) is 11.5 Å². The summed E-state index contributed by atoms with van der Waals surface area (Å²) in [5.74, 6) is 1.72. The van der Waals surface area contributed by atoms with Gasteiger partial charge in [-0.15, -0.1) is 0 Å². The lowest BCUT2D eigenvalue weighted by Crippen LogP contribution is -2.21. The van der Waals surface area contributed by atoms with Crippen LogP contribution in [0, 0.1) is 0 Å². The molecule has 0 spiro atoms. The summed E-state index contributed by atoms with van der Waals surface area (Å²) in [6.45, 7) is 4.01. The maximum Gasteiger partial charge on any atom is 0.231 e. The minimum Gasteiger partial charge on any atom is -0.454 e. The average molecular weight is 258 g/mol. The quantitative estimate of drug-likeness (QED) is 0.919. The molecule has 0 atom stereocenters. The molecule has 1 N–H and O–H groups in total. The number of nitrogens with zero attached hydrogens (tertiary/aromatic N) is 1. The normalized spacial score (nSPS) is 18.5. The van der Waals surface area contributed by atoms with Crippen molar-refractivity contribution in [3.05, 3.63) is 23.9 Å². The van der Waals surface area contributed by atoms with Gasteiger partial charge in [-0.2, -0.15) is 0 Å². The van der Waals surface area contributed by atoms with Gasteiger partial charge in [0.05, 0.1) is 0 Å². The molecular weight excluding hydrogens is 240 g/mol. The maximum atomic E-state index is 5.46. The molecule has 19 heavy (non-hydrogen) atoms. The summed E-state index contributed by atoms with van der Waals surface area (Å²) in [5, 5.41) is 1.27. The number of aromatic amines is 1. The molecule has 0 aliphatic carbocycles. The van der Waals surface area contributed by atoms with Gasteiger partial charge in [0.25, 0.3) is 0 Å². The van der Waals surface area contributed by atoms with Crippen molar-refractivity contribution in [1.82, 2.24) is 9.88 Å². The summed E-state index contributed by atoms with van der Waals surface area (Å²) >= 11 is 0. The molecule has 2 aliphatic heterocycles. The predicted octanol–water partition coefficient (Wildman–Crippen LogP) is 2.53. The van der Waals surface area contributed by atoms with E-state index in [-0.39, 0.29) is 0 Å². The number of likely N-dealkylation sites (tertiary alicyclic amines) is 1. The average Bonchev–Trinajstić information content (AvgIpc) is 3.14. The van der Waals surface area contributed by atoms with E-state index in [1.165, 1.54) is 36.9 Å². The van der Waals surface area contributed by atoms with Gasteiger partial charge < -0.3 is 19.4 Å². The molecular formula is C15H18N2O2. The lowest BCUT2D eigenvalue weighted by Gasteiger charge is -2.13. The second kappa shape index (κ2) is 4.46. The van der Waals surface area contributed by atoms with E-state index in [9.17, 15) is 0 Å². The molecule has 3 heterocycles. The molecule has 4 rings (SSSR count). The summed E-state index contributed by atoms with van der Waals surface area (Å²) in [6.07, 6.45) is 5.93. The van der Waals surface area contributed by atoms with Crippen LogP contribution in [0.4, 0.5) is 0 Å². The number of H-pyrrole nitrogens is 1. The second-order valence-corrected chi connectivity index (χ2v) is 5.36. The van der Waals surface area contributed by atoms with Crippen molar-refractivity contribution >= 4 is 10.9 Å². The zero-order chi connectivity index (χ0) is 12.7. The van der Waals surface area contributed by atoms with Crippen LogP contribution in [0.1, 0.15) is 18.4 Å². The van der Waals surface area contributed by atoms with Crippen LogP contribution >= 0.6 is 0 Å². The summed E-state index contributed by atoms with van der Waals surface area (Å²) in [5.41, 5.74) is 2.51. The Morgan fingerprint density at radius 3 is 2.74 bits per heavy atom. The first-order valence-corrected chi connectivity index (χ1v) is 7.02. The summed E-state index contributed by atoms with van der Waals surface area (Å²) in [6, 6.07) is 4.14. The van der Waals surface area contributed by atoms with E-state index in [2.05, 4.69) is 22.1 Å². The number of nitrogens with one attached hydrogen (secondary N) is 1. The van der Waals surface area contributed by atoms with Crippen LogP contribution in [0.25, 0.3) is 10.9 Å². The molecule has 2 aliphatic rings. The van der Waals surface area contributed by atoms with Gasteiger partial charge in [-0.3, -0.25) is 0 Å². The van der Waals surface area contributed by atoms with Crippen LogP contribution in [0.3, 0.4) is 0 Å². The Balaban J connectivity index is 1.59. The Bertz CT molecular complexity index is 599. The molecule has 1 aromatic carbocycles. The lowest BCUT2D eigenvalue weighted by molar-refractivity contribution is 0.174. The van der Waals surface area contributed by atoms with Gasteiger partial charge >= 0.3 is 0 Å². The van der Waals surface area contributed by atoms with Gasteiger partial charge in [-0.25, -0.2) is 0 Å². The monoisotopic (exact) mass is 258 g/mol. The van der Waals surface area contributed by atoms with E-state index in [1.807, 2.05) is 6.07 Å². The Morgan fingerprint density at radius 1 is 1.11 bits per heavy atom. The summed E-state index contributed by atoms with van der Waals surface area (Å²) in [4.78, 5) is 5.89. The highest BCUT2D eigenvalue weighted by atomic mass is 16.7. The largest absolute Gasteiger partial charge is 0.454 e. The van der Waals surface area contributed by atoms with Crippen LogP contribution < -0.4 is 9.47 Å². The molecule has 0 bridgehead atoms. The minimum atomic E-state index is 0.338. The molecule has 0 amide bonds. The van der Waals surface area contributed by atoms with Crippen molar-refractivity contribution < 1.29 is 9.47 Å². The number of hydrogen-bond acceptors (Lipinski definition) is 3. The molecule has 4 heteroatoms. The standard InChI is InChI=1S/C15H18N2O2/c1-2-5-17(4-1)6-3-11-9-16-13-8-15-14(7-12(11)13)18-10-19-15/h7-9,16H,1-6,10H2. The van der Waals surface area contributed by atoms with Crippen LogP contribution in [0.15, 0.2) is 18.3 Å². The second-order valence-electron chi connectivity index (χ2n) is 5.36. The fourth-order valence-electron chi connectivity index (χ4n) is 3.06. The SMILES string of the molecule is c1[nH]c2cc3c(cc2c1CCN1CCCC1)OCO3. The topological polar surface area (TPSA) is 37.5 Å². The highest BCUT2D eigenvalue weighted by molar-refractivity contribution is 5.86. The molecule has 4 nitrogen and oxygen atoms in total. The van der Waals surface area contributed by atoms with Crippen molar-refractivity contribution in [3.8, 4) is 11.5 Å². The van der Waals surface area contributed by atoms with Crippen molar-refractivity contribution in [2.45, 2.75) is 19.3 Å². The van der Waals surface area contributed by atoms with Gasteiger partial charge in [-0.05, 0) is 44.0 Å². The first kappa shape index (κ1) is 11.2. The van der Waals surface area contributed by atoms with Crippen LogP contribution in [0.2, 0.25) is 0 Å². The van der Waals surface area contributed by atoms with E-state index in [0.717, 1.165) is 30.0 Å². The fourth-order valence-corrected chi connectivity index (χ4v) is 3.06. The fraction of sp³-hybridized carbons (Fsp3) is 0.467. The Kier molecular flexibility index (Phi) is 2.62. The van der Waals surface area contributed by atoms with Crippen molar-refractivity contribution in [2.24, 2.45) is 0 Å². The highest BCUT2D eigenvalue weighted by Gasteiger charge is 2.17. The van der Waals surface area contributed by atoms with Crippen LogP contribution in [0.5, 0.6) is 11.5 Å². The van der Waals surface area contributed by atoms with Crippen molar-refractivity contribution in [3.63, 3.8) is 0 Å². The Morgan fingerprint density at radius 2 is 1.89 bits per heavy atom. The molecule has 100 valence electrons. The van der Waals surface area contributed by atoms with E-state index < -0.39 is 0 Å². The number of hydrogen-bond donors (Lipinski definition) is 1. The molecule has 1 saturated heterocycles. The third-order valence-electron chi connectivity index (χ3n) is 4.16. The lowest BCUT2D eigenvalue weighted by atomic mass is 10.1. The number of ether oxygens (including phenoxy) is 2. The Labute approximate surface area is 112 Å². The highest BCUT2D eigenvalue weighted by Crippen LogP contribution is 2.37. The van der Waals surface area contributed by atoms with Gasteiger partial charge in [-0.1, -0.05) is 0 Å². The number of rotatable bonds is 3. The first-order valence-electron chi connectivity index (χ1n) is 7.02. The summed E-state index contributed by atoms with van der Waals surface area (Å²) in [7, 11) is 0. The van der Waals surface area contributed by atoms with Crippen molar-refractivity contribution in [1.29, 1.82) is 0 Å². The van der Waals surface area contributed by atoms with Gasteiger partial charge in [0.2, 0.25) is 6.79 Å². The smallest absolute Gasteiger partial charge is 0.231 e. The van der Waals surface area contributed by atoms with Gasteiger partial charge in [0.1, 0.15) is 0 Å². The molecule has 0 unspecified atom stereocenters. The Hall–Kier alpha value is -1.68. The van der Waals surface area contributed by atoms with E-state index in [1.54, 1.807) is 0 Å². The number of fused-ring (bicyclic) bond motifs is 2. The maximum absolute atomic E-state index is 5.46. The van der Waals surface area contributed by atoms with Gasteiger partial charge in [0, 0.05) is 29.7 Å². The first-order chi connectivity index (χ1) is 9.40. The number of aromatic nitrogens is 1. The third kappa shape index (κ3) is 1.96. The zero-order valence-corrected chi connectivity index (χ0v) is 10.9.